The maximum atomic E-state index is 10.9. The van der Waals surface area contributed by atoms with Gasteiger partial charge in [-0.05, 0) is 38.1 Å². The topological polar surface area (TPSA) is 127 Å². The third kappa shape index (κ3) is 2.82. The Morgan fingerprint density at radius 3 is 2.78 bits per heavy atom. The summed E-state index contributed by atoms with van der Waals surface area (Å²) in [4.78, 5) is 4.38. The number of nitrogen functional groups attached to an aromatic ring is 1. The normalized spacial score (nSPS) is 11.5. The van der Waals surface area contributed by atoms with Gasteiger partial charge in [0.25, 0.3) is 0 Å². The van der Waals surface area contributed by atoms with E-state index in [1.54, 1.807) is 16.6 Å². The number of fused-ring (bicyclic) bond motifs is 1. The fourth-order valence-corrected chi connectivity index (χ4v) is 2.20. The summed E-state index contributed by atoms with van der Waals surface area (Å²) in [7, 11) is 0. The van der Waals surface area contributed by atoms with E-state index in [-0.39, 0.29) is 16.7 Å². The molecule has 0 aliphatic carbocycles. The van der Waals surface area contributed by atoms with E-state index in [1.807, 2.05) is 19.9 Å². The zero-order valence-corrected chi connectivity index (χ0v) is 12.5. The zero-order valence-electron chi connectivity index (χ0n) is 12.5. The van der Waals surface area contributed by atoms with Crippen LogP contribution in [0.4, 0.5) is 22.9 Å². The van der Waals surface area contributed by atoms with E-state index >= 15 is 0 Å². The Bertz CT molecular complexity index is 902. The molecule has 2 aromatic heterocycles. The summed E-state index contributed by atoms with van der Waals surface area (Å²) in [6.07, 6.45) is 0. The fourth-order valence-electron chi connectivity index (χ4n) is 2.20. The number of hydrogen-bond acceptors (Lipinski definition) is 8. The molecule has 3 rings (SSSR count). The molecule has 0 radical (unpaired) electrons. The van der Waals surface area contributed by atoms with Crippen LogP contribution < -0.4 is 11.0 Å². The molecule has 0 aliphatic rings. The molecular formula is C14H14N7O2-. The van der Waals surface area contributed by atoms with Gasteiger partial charge in [0.05, 0.1) is 11.4 Å². The van der Waals surface area contributed by atoms with E-state index in [9.17, 15) is 5.21 Å². The molecule has 3 aromatic rings. The number of rotatable bonds is 3. The average Bonchev–Trinajstić information content (AvgIpc) is 2.81. The van der Waals surface area contributed by atoms with Crippen LogP contribution in [0, 0.1) is 19.1 Å². The van der Waals surface area contributed by atoms with Gasteiger partial charge in [0.15, 0.2) is 17.2 Å². The van der Waals surface area contributed by atoms with Crippen molar-refractivity contribution < 1.29 is 5.21 Å². The fraction of sp³-hybridized carbons (Fsp3) is 0.143. The lowest BCUT2D eigenvalue weighted by Crippen LogP contribution is -2.06. The SMILES string of the molecule is Cc1cc(C)n2nc(N)c(N=Nc3cccc(N([O-])O)c3)c2n1. The average molecular weight is 312 g/mol. The molecule has 23 heavy (non-hydrogen) atoms. The van der Waals surface area contributed by atoms with Crippen molar-refractivity contribution in [3.8, 4) is 0 Å². The van der Waals surface area contributed by atoms with E-state index < -0.39 is 0 Å². The van der Waals surface area contributed by atoms with Crippen LogP contribution in [0.15, 0.2) is 40.6 Å². The third-order valence-corrected chi connectivity index (χ3v) is 3.21. The van der Waals surface area contributed by atoms with Crippen molar-refractivity contribution in [3.05, 3.63) is 46.9 Å². The number of azo groups is 1. The molecule has 118 valence electrons. The number of aromatic nitrogens is 3. The highest BCUT2D eigenvalue weighted by atomic mass is 16.8. The van der Waals surface area contributed by atoms with Crippen molar-refractivity contribution in [2.24, 2.45) is 10.2 Å². The molecule has 0 unspecified atom stereocenters. The van der Waals surface area contributed by atoms with Gasteiger partial charge in [0, 0.05) is 11.4 Å². The molecule has 0 saturated carbocycles. The van der Waals surface area contributed by atoms with E-state index in [0.29, 0.717) is 17.0 Å². The van der Waals surface area contributed by atoms with Gasteiger partial charge in [-0.3, -0.25) is 5.21 Å². The number of nitrogens with zero attached hydrogens (tertiary/aromatic N) is 6. The maximum Gasteiger partial charge on any atom is 0.185 e. The molecule has 0 aliphatic heterocycles. The first kappa shape index (κ1) is 14.9. The molecule has 0 fully saturated rings. The molecule has 0 spiro atoms. The van der Waals surface area contributed by atoms with Gasteiger partial charge in [0.1, 0.15) is 0 Å². The standard InChI is InChI=1S/C14H14N7O2/c1-8-6-9(2)20-14(16-8)12(13(15)19-20)18-17-10-4-3-5-11(7-10)21(22)23/h3-7,22H,1-2H3,(H2,15,19)/q-1. The highest BCUT2D eigenvalue weighted by Crippen LogP contribution is 2.29. The Hall–Kier alpha value is -3.04. The minimum atomic E-state index is -0.239. The lowest BCUT2D eigenvalue weighted by Gasteiger charge is -2.21. The molecule has 0 atom stereocenters. The predicted octanol–water partition coefficient (Wildman–Crippen LogP) is 3.04. The van der Waals surface area contributed by atoms with Gasteiger partial charge in [0.2, 0.25) is 0 Å². The molecular weight excluding hydrogens is 298 g/mol. The van der Waals surface area contributed by atoms with E-state index in [4.69, 9.17) is 10.9 Å². The largest absolute Gasteiger partial charge is 0.733 e. The summed E-state index contributed by atoms with van der Waals surface area (Å²) in [6.45, 7) is 3.76. The minimum Gasteiger partial charge on any atom is -0.733 e. The zero-order chi connectivity index (χ0) is 16.6. The summed E-state index contributed by atoms with van der Waals surface area (Å²) in [6, 6.07) is 7.94. The van der Waals surface area contributed by atoms with Crippen molar-refractivity contribution in [2.45, 2.75) is 13.8 Å². The summed E-state index contributed by atoms with van der Waals surface area (Å²) in [5.41, 5.74) is 8.89. The summed E-state index contributed by atoms with van der Waals surface area (Å²) in [5, 5.41) is 31.9. The predicted molar refractivity (Wildman–Crippen MR) is 85.1 cm³/mol. The number of benzene rings is 1. The van der Waals surface area contributed by atoms with Crippen LogP contribution in [0.1, 0.15) is 11.4 Å². The lowest BCUT2D eigenvalue weighted by atomic mass is 10.3. The van der Waals surface area contributed by atoms with Gasteiger partial charge in [-0.2, -0.15) is 5.11 Å². The Labute approximate surface area is 131 Å². The van der Waals surface area contributed by atoms with Crippen molar-refractivity contribution in [1.82, 2.24) is 14.6 Å². The van der Waals surface area contributed by atoms with E-state index in [0.717, 1.165) is 11.4 Å². The molecule has 9 nitrogen and oxygen atoms in total. The van der Waals surface area contributed by atoms with Crippen LogP contribution in [-0.2, 0) is 0 Å². The minimum absolute atomic E-state index is 0.0547. The second kappa shape index (κ2) is 5.63. The van der Waals surface area contributed by atoms with E-state index in [1.165, 1.54) is 12.1 Å². The molecule has 0 saturated heterocycles. The van der Waals surface area contributed by atoms with Crippen molar-refractivity contribution in [1.29, 1.82) is 0 Å². The lowest BCUT2D eigenvalue weighted by molar-refractivity contribution is 0.296. The van der Waals surface area contributed by atoms with E-state index in [2.05, 4.69) is 20.3 Å². The van der Waals surface area contributed by atoms with Crippen molar-refractivity contribution in [2.75, 3.05) is 11.0 Å². The first-order valence-electron chi connectivity index (χ1n) is 6.76. The summed E-state index contributed by atoms with van der Waals surface area (Å²) >= 11 is 0. The molecule has 2 heterocycles. The molecule has 1 aromatic carbocycles. The Morgan fingerprint density at radius 1 is 1.26 bits per heavy atom. The monoisotopic (exact) mass is 312 g/mol. The second-order valence-electron chi connectivity index (χ2n) is 5.00. The molecule has 0 amide bonds. The molecule has 0 bridgehead atoms. The smallest absolute Gasteiger partial charge is 0.185 e. The quantitative estimate of drug-likeness (QED) is 0.565. The maximum absolute atomic E-state index is 10.9. The summed E-state index contributed by atoms with van der Waals surface area (Å²) in [5.74, 6) is 0.207. The number of nitrogens with two attached hydrogens (primary N) is 1. The summed E-state index contributed by atoms with van der Waals surface area (Å²) < 4.78 is 1.60. The van der Waals surface area contributed by atoms with Gasteiger partial charge in [-0.25, -0.2) is 9.50 Å². The van der Waals surface area contributed by atoms with Crippen LogP contribution in [0.5, 0.6) is 0 Å². The number of anilines is 2. The van der Waals surface area contributed by atoms with Crippen LogP contribution in [0.3, 0.4) is 0 Å². The number of aryl methyl sites for hydroxylation is 2. The second-order valence-corrected chi connectivity index (χ2v) is 5.00. The Balaban J connectivity index is 2.04. The van der Waals surface area contributed by atoms with Gasteiger partial charge >= 0.3 is 0 Å². The number of hydrogen-bond donors (Lipinski definition) is 2. The van der Waals surface area contributed by atoms with Crippen LogP contribution in [0.25, 0.3) is 5.65 Å². The van der Waals surface area contributed by atoms with Crippen molar-refractivity contribution in [3.63, 3.8) is 0 Å². The van der Waals surface area contributed by atoms with Crippen LogP contribution in [0.2, 0.25) is 0 Å². The highest BCUT2D eigenvalue weighted by Gasteiger charge is 2.13. The first-order valence-corrected chi connectivity index (χ1v) is 6.76. The van der Waals surface area contributed by atoms with Crippen molar-refractivity contribution >= 4 is 28.5 Å². The Morgan fingerprint density at radius 2 is 2.04 bits per heavy atom. The van der Waals surface area contributed by atoms with Gasteiger partial charge in [-0.15, -0.1) is 10.2 Å². The van der Waals surface area contributed by atoms with Crippen LogP contribution >= 0.6 is 0 Å². The van der Waals surface area contributed by atoms with Gasteiger partial charge < -0.3 is 16.2 Å². The molecule has 3 N–H and O–H groups in total. The highest BCUT2D eigenvalue weighted by molar-refractivity contribution is 5.75. The first-order chi connectivity index (χ1) is 11.0. The Kier molecular flexibility index (Phi) is 3.64. The third-order valence-electron chi connectivity index (χ3n) is 3.21. The molecule has 9 heteroatoms. The van der Waals surface area contributed by atoms with Crippen LogP contribution in [-0.4, -0.2) is 19.8 Å². The van der Waals surface area contributed by atoms with Gasteiger partial charge in [-0.1, -0.05) is 6.07 Å².